The first-order valence-corrected chi connectivity index (χ1v) is 6.94. The van der Waals surface area contributed by atoms with Crippen molar-refractivity contribution in [2.24, 2.45) is 5.92 Å². The molecule has 1 aliphatic rings. The molecule has 0 bridgehead atoms. The van der Waals surface area contributed by atoms with E-state index in [9.17, 15) is 0 Å². The monoisotopic (exact) mass is 265 g/mol. The van der Waals surface area contributed by atoms with E-state index in [4.69, 9.17) is 14.2 Å². The Balaban J connectivity index is 2.00. The van der Waals surface area contributed by atoms with Gasteiger partial charge in [0.25, 0.3) is 0 Å². The number of benzene rings is 1. The van der Waals surface area contributed by atoms with Crippen LogP contribution in [0.15, 0.2) is 18.2 Å². The lowest BCUT2D eigenvalue weighted by Crippen LogP contribution is -2.12. The van der Waals surface area contributed by atoms with E-state index in [2.05, 4.69) is 11.4 Å². The quantitative estimate of drug-likeness (QED) is 0.820. The summed E-state index contributed by atoms with van der Waals surface area (Å²) >= 11 is 0. The molecule has 1 unspecified atom stereocenters. The maximum absolute atomic E-state index is 5.88. The molecule has 4 nitrogen and oxygen atoms in total. The highest BCUT2D eigenvalue weighted by Crippen LogP contribution is 2.29. The standard InChI is InChI=1S/C15H23NO3/c1-3-18-15-8-12(9-16-2)4-5-14(15)19-11-13-6-7-17-10-13/h4-5,8,13,16H,3,6-7,9-11H2,1-2H3. The zero-order valence-electron chi connectivity index (χ0n) is 11.8. The number of hydrogen-bond acceptors (Lipinski definition) is 4. The molecule has 1 aromatic rings. The predicted molar refractivity (Wildman–Crippen MR) is 74.8 cm³/mol. The Morgan fingerprint density at radius 2 is 2.21 bits per heavy atom. The molecule has 0 aromatic heterocycles. The van der Waals surface area contributed by atoms with Gasteiger partial charge in [0, 0.05) is 19.1 Å². The van der Waals surface area contributed by atoms with Gasteiger partial charge in [0.05, 0.1) is 19.8 Å². The van der Waals surface area contributed by atoms with E-state index in [1.807, 2.05) is 26.1 Å². The highest BCUT2D eigenvalue weighted by atomic mass is 16.5. The molecule has 1 fully saturated rings. The van der Waals surface area contributed by atoms with Crippen LogP contribution < -0.4 is 14.8 Å². The number of ether oxygens (including phenoxy) is 3. The fourth-order valence-electron chi connectivity index (χ4n) is 2.18. The highest BCUT2D eigenvalue weighted by molar-refractivity contribution is 5.43. The van der Waals surface area contributed by atoms with Crippen LogP contribution >= 0.6 is 0 Å². The largest absolute Gasteiger partial charge is 0.490 e. The smallest absolute Gasteiger partial charge is 0.161 e. The van der Waals surface area contributed by atoms with Crippen LogP contribution in [-0.4, -0.2) is 33.5 Å². The Bertz CT molecular complexity index is 389. The van der Waals surface area contributed by atoms with Gasteiger partial charge in [-0.2, -0.15) is 0 Å². The minimum atomic E-state index is 0.506. The van der Waals surface area contributed by atoms with Crippen LogP contribution in [0.25, 0.3) is 0 Å². The van der Waals surface area contributed by atoms with Crippen LogP contribution in [0.2, 0.25) is 0 Å². The van der Waals surface area contributed by atoms with Crippen molar-refractivity contribution >= 4 is 0 Å². The lowest BCUT2D eigenvalue weighted by atomic mass is 10.1. The zero-order valence-corrected chi connectivity index (χ0v) is 11.8. The number of hydrogen-bond donors (Lipinski definition) is 1. The Morgan fingerprint density at radius 1 is 1.32 bits per heavy atom. The molecule has 1 aromatic carbocycles. The fraction of sp³-hybridized carbons (Fsp3) is 0.600. The highest BCUT2D eigenvalue weighted by Gasteiger charge is 2.17. The van der Waals surface area contributed by atoms with Gasteiger partial charge < -0.3 is 19.5 Å². The third kappa shape index (κ3) is 4.11. The maximum Gasteiger partial charge on any atom is 0.161 e. The molecule has 1 N–H and O–H groups in total. The molecule has 0 saturated carbocycles. The van der Waals surface area contributed by atoms with Gasteiger partial charge in [0.2, 0.25) is 0 Å². The summed E-state index contributed by atoms with van der Waals surface area (Å²) in [5.74, 6) is 2.16. The summed E-state index contributed by atoms with van der Waals surface area (Å²) in [7, 11) is 1.94. The van der Waals surface area contributed by atoms with Crippen molar-refractivity contribution in [3.8, 4) is 11.5 Å². The van der Waals surface area contributed by atoms with E-state index in [0.29, 0.717) is 19.1 Å². The van der Waals surface area contributed by atoms with Crippen molar-refractivity contribution in [2.45, 2.75) is 19.9 Å². The molecule has 1 heterocycles. The Labute approximate surface area is 115 Å². The molecular formula is C15H23NO3. The average molecular weight is 265 g/mol. The van der Waals surface area contributed by atoms with Gasteiger partial charge >= 0.3 is 0 Å². The van der Waals surface area contributed by atoms with Gasteiger partial charge in [0.1, 0.15) is 0 Å². The second kappa shape index (κ2) is 7.36. The van der Waals surface area contributed by atoms with Crippen molar-refractivity contribution in [1.82, 2.24) is 5.32 Å². The predicted octanol–water partition coefficient (Wildman–Crippen LogP) is 2.22. The van der Waals surface area contributed by atoms with E-state index >= 15 is 0 Å². The molecule has 106 valence electrons. The lowest BCUT2D eigenvalue weighted by Gasteiger charge is -2.15. The molecule has 0 amide bonds. The molecule has 1 saturated heterocycles. The molecule has 4 heteroatoms. The van der Waals surface area contributed by atoms with Gasteiger partial charge in [-0.15, -0.1) is 0 Å². The first-order valence-electron chi connectivity index (χ1n) is 6.94. The molecule has 0 aliphatic carbocycles. The van der Waals surface area contributed by atoms with Gasteiger partial charge in [-0.1, -0.05) is 6.07 Å². The normalized spacial score (nSPS) is 18.5. The molecule has 1 aliphatic heterocycles. The third-order valence-corrected chi connectivity index (χ3v) is 3.19. The van der Waals surface area contributed by atoms with Crippen LogP contribution in [-0.2, 0) is 11.3 Å². The van der Waals surface area contributed by atoms with Crippen molar-refractivity contribution in [3.05, 3.63) is 23.8 Å². The number of nitrogens with one attached hydrogen (secondary N) is 1. The van der Waals surface area contributed by atoms with Crippen molar-refractivity contribution < 1.29 is 14.2 Å². The maximum atomic E-state index is 5.88. The zero-order chi connectivity index (χ0) is 13.5. The van der Waals surface area contributed by atoms with Gasteiger partial charge in [0.15, 0.2) is 11.5 Å². The fourth-order valence-corrected chi connectivity index (χ4v) is 2.18. The minimum Gasteiger partial charge on any atom is -0.490 e. The minimum absolute atomic E-state index is 0.506. The lowest BCUT2D eigenvalue weighted by molar-refractivity contribution is 0.165. The van der Waals surface area contributed by atoms with E-state index < -0.39 is 0 Å². The summed E-state index contributed by atoms with van der Waals surface area (Å²) < 4.78 is 16.9. The summed E-state index contributed by atoms with van der Waals surface area (Å²) in [6.45, 7) is 5.82. The van der Waals surface area contributed by atoms with E-state index in [1.165, 1.54) is 5.56 Å². The summed E-state index contributed by atoms with van der Waals surface area (Å²) in [5.41, 5.74) is 1.20. The van der Waals surface area contributed by atoms with Crippen LogP contribution in [0.4, 0.5) is 0 Å². The SMILES string of the molecule is CCOc1cc(CNC)ccc1OCC1CCOC1. The van der Waals surface area contributed by atoms with Crippen LogP contribution in [0.3, 0.4) is 0 Å². The van der Waals surface area contributed by atoms with E-state index in [-0.39, 0.29) is 0 Å². The van der Waals surface area contributed by atoms with Crippen LogP contribution in [0, 0.1) is 5.92 Å². The Kier molecular flexibility index (Phi) is 5.48. The van der Waals surface area contributed by atoms with Crippen LogP contribution in [0.5, 0.6) is 11.5 Å². The molecule has 2 rings (SSSR count). The van der Waals surface area contributed by atoms with Gasteiger partial charge in [-0.05, 0) is 38.1 Å². The third-order valence-electron chi connectivity index (χ3n) is 3.19. The second-order valence-corrected chi connectivity index (χ2v) is 4.79. The molecule has 0 radical (unpaired) electrons. The van der Waals surface area contributed by atoms with Gasteiger partial charge in [-0.3, -0.25) is 0 Å². The van der Waals surface area contributed by atoms with Crippen LogP contribution in [0.1, 0.15) is 18.9 Å². The summed E-state index contributed by atoms with van der Waals surface area (Å²) in [6, 6.07) is 6.10. The summed E-state index contributed by atoms with van der Waals surface area (Å²) in [5, 5.41) is 3.14. The first-order chi connectivity index (χ1) is 9.33. The van der Waals surface area contributed by atoms with Crippen molar-refractivity contribution in [3.63, 3.8) is 0 Å². The molecule has 0 spiro atoms. The number of rotatable bonds is 7. The van der Waals surface area contributed by atoms with Crippen molar-refractivity contribution in [1.29, 1.82) is 0 Å². The average Bonchev–Trinajstić information content (AvgIpc) is 2.92. The Morgan fingerprint density at radius 3 is 2.89 bits per heavy atom. The summed E-state index contributed by atoms with van der Waals surface area (Å²) in [6.07, 6.45) is 1.09. The molecular weight excluding hydrogens is 242 g/mol. The first kappa shape index (κ1) is 14.2. The van der Waals surface area contributed by atoms with E-state index in [1.54, 1.807) is 0 Å². The summed E-state index contributed by atoms with van der Waals surface area (Å²) in [4.78, 5) is 0. The topological polar surface area (TPSA) is 39.7 Å². The van der Waals surface area contributed by atoms with Crippen molar-refractivity contribution in [2.75, 3.05) is 33.5 Å². The molecule has 19 heavy (non-hydrogen) atoms. The Hall–Kier alpha value is -1.26. The second-order valence-electron chi connectivity index (χ2n) is 4.79. The van der Waals surface area contributed by atoms with Gasteiger partial charge in [-0.25, -0.2) is 0 Å². The van der Waals surface area contributed by atoms with E-state index in [0.717, 1.165) is 37.7 Å². The molecule has 1 atom stereocenters.